The van der Waals surface area contributed by atoms with Gasteiger partial charge in [-0.2, -0.15) is 0 Å². The van der Waals surface area contributed by atoms with Crippen LogP contribution in [0.15, 0.2) is 18.2 Å². The minimum Gasteiger partial charge on any atom is -0.504 e. The number of fused-ring (bicyclic) bond motifs is 1. The van der Waals surface area contributed by atoms with E-state index in [1.54, 1.807) is 23.5 Å². The molecule has 0 aliphatic carbocycles. The number of hydrogen-bond acceptors (Lipinski definition) is 6. The molecular weight excluding hydrogens is 302 g/mol. The number of anilines is 2. The Balaban J connectivity index is 2.02. The van der Waals surface area contributed by atoms with E-state index < -0.39 is 0 Å². The van der Waals surface area contributed by atoms with E-state index in [1.165, 1.54) is 7.11 Å². The Morgan fingerprint density at radius 3 is 3.09 bits per heavy atom. The lowest BCUT2D eigenvalue weighted by Crippen LogP contribution is -2.22. The second-order valence-corrected chi connectivity index (χ2v) is 6.03. The molecule has 22 heavy (non-hydrogen) atoms. The van der Waals surface area contributed by atoms with E-state index in [-0.39, 0.29) is 17.6 Å². The van der Waals surface area contributed by atoms with Gasteiger partial charge < -0.3 is 20.5 Å². The molecular formula is C15H17N3O3S. The quantitative estimate of drug-likeness (QED) is 0.807. The number of carbonyl (C=O) groups is 1. The number of thiazole rings is 1. The van der Waals surface area contributed by atoms with Crippen LogP contribution in [0, 0.1) is 0 Å². The molecule has 1 aromatic carbocycles. The molecule has 1 unspecified atom stereocenters. The van der Waals surface area contributed by atoms with E-state index in [0.29, 0.717) is 18.0 Å². The van der Waals surface area contributed by atoms with Crippen molar-refractivity contribution in [2.75, 3.05) is 24.3 Å². The summed E-state index contributed by atoms with van der Waals surface area (Å²) in [6.45, 7) is 2.78. The Morgan fingerprint density at radius 2 is 2.36 bits per heavy atom. The first-order valence-electron chi connectivity index (χ1n) is 7.03. The molecule has 116 valence electrons. The van der Waals surface area contributed by atoms with E-state index in [1.807, 2.05) is 13.0 Å². The van der Waals surface area contributed by atoms with Crippen LogP contribution < -0.4 is 15.4 Å². The van der Waals surface area contributed by atoms with Gasteiger partial charge in [-0.15, -0.1) is 0 Å². The molecule has 0 spiro atoms. The maximum Gasteiger partial charge on any atom is 0.226 e. The molecule has 1 aliphatic heterocycles. The standard InChI is InChI=1S/C15H17N3O3S/c1-3-16-15-18-14-13(22-15)9(7-12(20)17-14)8-4-5-10(19)11(6-8)21-2/h4-6,9,19H,3,7H2,1-2H3,(H,16,18)(H,17,20). The van der Waals surface area contributed by atoms with Gasteiger partial charge in [0.15, 0.2) is 16.6 Å². The lowest BCUT2D eigenvalue weighted by atomic mass is 9.91. The number of ether oxygens (including phenoxy) is 1. The highest BCUT2D eigenvalue weighted by Gasteiger charge is 2.30. The summed E-state index contributed by atoms with van der Waals surface area (Å²) < 4.78 is 5.16. The first-order chi connectivity index (χ1) is 10.6. The monoisotopic (exact) mass is 319 g/mol. The van der Waals surface area contributed by atoms with Gasteiger partial charge in [-0.3, -0.25) is 4.79 Å². The van der Waals surface area contributed by atoms with Gasteiger partial charge in [-0.05, 0) is 24.6 Å². The van der Waals surface area contributed by atoms with Crippen LogP contribution in [0.4, 0.5) is 10.9 Å². The molecule has 1 aromatic heterocycles. The van der Waals surface area contributed by atoms with Crippen LogP contribution in [0.25, 0.3) is 0 Å². The van der Waals surface area contributed by atoms with Crippen LogP contribution >= 0.6 is 11.3 Å². The first kappa shape index (κ1) is 14.6. The van der Waals surface area contributed by atoms with Crippen molar-refractivity contribution in [3.8, 4) is 11.5 Å². The molecule has 1 aliphatic rings. The van der Waals surface area contributed by atoms with Crippen molar-refractivity contribution in [1.82, 2.24) is 4.98 Å². The van der Waals surface area contributed by atoms with Crippen LogP contribution in [0.5, 0.6) is 11.5 Å². The average Bonchev–Trinajstić information content (AvgIpc) is 2.89. The molecule has 0 fully saturated rings. The average molecular weight is 319 g/mol. The Morgan fingerprint density at radius 1 is 1.55 bits per heavy atom. The zero-order valence-corrected chi connectivity index (χ0v) is 13.2. The number of hydrogen-bond donors (Lipinski definition) is 3. The highest BCUT2D eigenvalue weighted by molar-refractivity contribution is 7.16. The fourth-order valence-electron chi connectivity index (χ4n) is 2.53. The predicted molar refractivity (Wildman–Crippen MR) is 86.0 cm³/mol. The number of amides is 1. The van der Waals surface area contributed by atoms with Gasteiger partial charge in [0.05, 0.1) is 12.0 Å². The maximum absolute atomic E-state index is 12.0. The number of aromatic nitrogens is 1. The number of carbonyl (C=O) groups excluding carboxylic acids is 1. The summed E-state index contributed by atoms with van der Waals surface area (Å²) in [7, 11) is 1.51. The molecule has 0 radical (unpaired) electrons. The topological polar surface area (TPSA) is 83.5 Å². The van der Waals surface area contributed by atoms with E-state index in [0.717, 1.165) is 22.1 Å². The molecule has 1 atom stereocenters. The third kappa shape index (κ3) is 2.59. The van der Waals surface area contributed by atoms with Gasteiger partial charge in [0.1, 0.15) is 5.82 Å². The van der Waals surface area contributed by atoms with Gasteiger partial charge in [0, 0.05) is 18.9 Å². The van der Waals surface area contributed by atoms with Gasteiger partial charge in [-0.25, -0.2) is 4.98 Å². The summed E-state index contributed by atoms with van der Waals surface area (Å²) in [6.07, 6.45) is 0.356. The second-order valence-electron chi connectivity index (χ2n) is 5.00. The number of aromatic hydroxyl groups is 1. The third-order valence-electron chi connectivity index (χ3n) is 3.55. The second kappa shape index (κ2) is 5.84. The summed E-state index contributed by atoms with van der Waals surface area (Å²) in [4.78, 5) is 17.4. The lowest BCUT2D eigenvalue weighted by molar-refractivity contribution is -0.116. The van der Waals surface area contributed by atoms with E-state index in [4.69, 9.17) is 4.74 Å². The van der Waals surface area contributed by atoms with Gasteiger partial charge in [-0.1, -0.05) is 17.4 Å². The molecule has 1 amide bonds. The fourth-order valence-corrected chi connectivity index (χ4v) is 3.64. The number of phenolic OH excluding ortho intramolecular Hbond substituents is 1. The summed E-state index contributed by atoms with van der Waals surface area (Å²) in [5.74, 6) is 0.973. The Kier molecular flexibility index (Phi) is 3.89. The third-order valence-corrected chi connectivity index (χ3v) is 4.68. The zero-order chi connectivity index (χ0) is 15.7. The lowest BCUT2D eigenvalue weighted by Gasteiger charge is -2.22. The van der Waals surface area contributed by atoms with E-state index >= 15 is 0 Å². The van der Waals surface area contributed by atoms with E-state index in [2.05, 4.69) is 15.6 Å². The van der Waals surface area contributed by atoms with Crippen molar-refractivity contribution >= 4 is 28.2 Å². The smallest absolute Gasteiger partial charge is 0.226 e. The summed E-state index contributed by atoms with van der Waals surface area (Å²) >= 11 is 1.54. The molecule has 0 saturated carbocycles. The number of rotatable bonds is 4. The number of benzene rings is 1. The van der Waals surface area contributed by atoms with Crippen molar-refractivity contribution in [3.05, 3.63) is 28.6 Å². The summed E-state index contributed by atoms with van der Waals surface area (Å²) in [5.41, 5.74) is 0.928. The minimum atomic E-state index is -0.0804. The first-order valence-corrected chi connectivity index (χ1v) is 7.85. The van der Waals surface area contributed by atoms with Crippen molar-refractivity contribution in [1.29, 1.82) is 0 Å². The minimum absolute atomic E-state index is 0.0575. The Labute approximate surface area is 132 Å². The number of phenols is 1. The molecule has 3 N–H and O–H groups in total. The van der Waals surface area contributed by atoms with E-state index in [9.17, 15) is 9.90 Å². The molecule has 2 aromatic rings. The Bertz CT molecular complexity index is 714. The number of nitrogens with zero attached hydrogens (tertiary/aromatic N) is 1. The Hall–Kier alpha value is -2.28. The highest BCUT2D eigenvalue weighted by atomic mass is 32.1. The van der Waals surface area contributed by atoms with Gasteiger partial charge >= 0.3 is 0 Å². The van der Waals surface area contributed by atoms with Crippen molar-refractivity contribution < 1.29 is 14.6 Å². The largest absolute Gasteiger partial charge is 0.504 e. The normalized spacial score (nSPS) is 16.8. The SMILES string of the molecule is CCNc1nc2c(s1)C(c1ccc(O)c(OC)c1)CC(=O)N2. The summed E-state index contributed by atoms with van der Waals surface area (Å²) in [6, 6.07) is 5.18. The van der Waals surface area contributed by atoms with Crippen LogP contribution in [0.3, 0.4) is 0 Å². The van der Waals surface area contributed by atoms with Crippen LogP contribution in [-0.4, -0.2) is 29.7 Å². The van der Waals surface area contributed by atoms with Gasteiger partial charge in [0.25, 0.3) is 0 Å². The highest BCUT2D eigenvalue weighted by Crippen LogP contribution is 2.43. The molecule has 2 heterocycles. The van der Waals surface area contributed by atoms with Crippen molar-refractivity contribution in [2.45, 2.75) is 19.3 Å². The molecule has 3 rings (SSSR count). The summed E-state index contributed by atoms with van der Waals surface area (Å²) in [5, 5.41) is 16.5. The molecule has 7 heteroatoms. The van der Waals surface area contributed by atoms with Crippen LogP contribution in [0.2, 0.25) is 0 Å². The van der Waals surface area contributed by atoms with Gasteiger partial charge in [0.2, 0.25) is 5.91 Å². The molecule has 0 saturated heterocycles. The van der Waals surface area contributed by atoms with Crippen LogP contribution in [0.1, 0.15) is 29.7 Å². The van der Waals surface area contributed by atoms with Crippen LogP contribution in [-0.2, 0) is 4.79 Å². The fraction of sp³-hybridized carbons (Fsp3) is 0.333. The molecule has 6 nitrogen and oxygen atoms in total. The van der Waals surface area contributed by atoms with Crippen molar-refractivity contribution in [3.63, 3.8) is 0 Å². The number of nitrogens with one attached hydrogen (secondary N) is 2. The number of methoxy groups -OCH3 is 1. The molecule has 0 bridgehead atoms. The predicted octanol–water partition coefficient (Wildman–Crippen LogP) is 2.76. The van der Waals surface area contributed by atoms with Crippen molar-refractivity contribution in [2.24, 2.45) is 0 Å². The zero-order valence-electron chi connectivity index (χ0n) is 12.3. The maximum atomic E-state index is 12.0.